The van der Waals surface area contributed by atoms with Crippen LogP contribution >= 0.6 is 0 Å². The fourth-order valence-corrected chi connectivity index (χ4v) is 8.85. The van der Waals surface area contributed by atoms with Crippen LogP contribution in [0.1, 0.15) is 186 Å². The Hall–Kier alpha value is -8.39. The van der Waals surface area contributed by atoms with Crippen molar-refractivity contribution in [1.29, 1.82) is 0 Å². The summed E-state index contributed by atoms with van der Waals surface area (Å²) in [5.74, 6) is -12.6. The van der Waals surface area contributed by atoms with Gasteiger partial charge in [0.15, 0.2) is 17.3 Å². The van der Waals surface area contributed by atoms with Crippen molar-refractivity contribution in [3.63, 3.8) is 0 Å². The lowest BCUT2D eigenvalue weighted by molar-refractivity contribution is -0.159. The van der Waals surface area contributed by atoms with Crippen molar-refractivity contribution in [2.75, 3.05) is 26.2 Å². The van der Waals surface area contributed by atoms with Crippen molar-refractivity contribution in [2.45, 2.75) is 222 Å². The fourth-order valence-electron chi connectivity index (χ4n) is 8.85. The molecule has 90 heavy (non-hydrogen) atoms. The van der Waals surface area contributed by atoms with Gasteiger partial charge in [-0.15, -0.1) is 0 Å². The summed E-state index contributed by atoms with van der Waals surface area (Å²) in [5, 5.41) is 12.6. The first-order valence-electron chi connectivity index (χ1n) is 30.1. The van der Waals surface area contributed by atoms with Gasteiger partial charge in [-0.25, -0.2) is 9.59 Å². The second-order valence-electron chi connectivity index (χ2n) is 24.6. The van der Waals surface area contributed by atoms with Gasteiger partial charge >= 0.3 is 12.1 Å². The Bertz CT molecular complexity index is 2770. The number of alkyl carbamates (subject to hydrolysis) is 1. The number of carbonyl (C=O) groups excluding carboxylic acids is 17. The van der Waals surface area contributed by atoms with Crippen molar-refractivity contribution >= 4 is 100 Å². The molecular weight excluding hydrogens is 1170 g/mol. The van der Waals surface area contributed by atoms with E-state index in [1.807, 2.05) is 13.8 Å². The van der Waals surface area contributed by atoms with Gasteiger partial charge in [0.2, 0.25) is 53.2 Å². The van der Waals surface area contributed by atoms with Gasteiger partial charge in [0.05, 0.1) is 18.6 Å². The molecule has 1 aromatic carbocycles. The first-order chi connectivity index (χ1) is 41.7. The van der Waals surface area contributed by atoms with Crippen LogP contribution in [-0.2, 0) is 92.6 Å². The molecule has 1 rings (SSSR count). The maximum Gasteiger partial charge on any atom is 0.408 e. The van der Waals surface area contributed by atoms with Gasteiger partial charge in [0.1, 0.15) is 34.9 Å². The first-order valence-corrected chi connectivity index (χ1v) is 30.1. The number of rotatable bonds is 38. The Morgan fingerprint density at radius 1 is 0.489 bits per heavy atom. The smallest absolute Gasteiger partial charge is 0.408 e. The lowest BCUT2D eigenvalue weighted by Crippen LogP contribution is -2.52. The molecule has 5 N–H and O–H groups in total. The van der Waals surface area contributed by atoms with Crippen molar-refractivity contribution in [3.05, 3.63) is 35.9 Å². The second kappa shape index (κ2) is 38.9. The molecule has 5 atom stereocenters. The van der Waals surface area contributed by atoms with Crippen LogP contribution in [0.3, 0.4) is 0 Å². The number of nitrogens with one attached hydrogen (secondary N) is 5. The molecule has 5 unspecified atom stereocenters. The van der Waals surface area contributed by atoms with E-state index < -0.39 is 194 Å². The van der Waals surface area contributed by atoms with Crippen LogP contribution in [0, 0.1) is 11.8 Å². The zero-order valence-electron chi connectivity index (χ0n) is 54.7. The maximum atomic E-state index is 14.3. The van der Waals surface area contributed by atoms with E-state index in [0.29, 0.717) is 4.90 Å². The van der Waals surface area contributed by atoms with E-state index in [4.69, 9.17) is 9.47 Å². The Labute approximate surface area is 526 Å². The lowest BCUT2D eigenvalue weighted by atomic mass is 9.91. The molecule has 0 saturated heterocycles. The average molecular weight is 1270 g/mol. The van der Waals surface area contributed by atoms with Gasteiger partial charge in [0, 0.05) is 104 Å². The Morgan fingerprint density at radius 2 is 0.944 bits per heavy atom. The zero-order chi connectivity index (χ0) is 68.8. The van der Waals surface area contributed by atoms with E-state index in [1.54, 1.807) is 71.9 Å². The summed E-state index contributed by atoms with van der Waals surface area (Å²) in [5.41, 5.74) is -1.23. The number of ketones is 5. The number of carbonyl (C=O) groups is 17. The number of benzene rings is 1. The number of imide groups is 3. The zero-order valence-corrected chi connectivity index (χ0v) is 54.7. The minimum Gasteiger partial charge on any atom is -0.458 e. The van der Waals surface area contributed by atoms with Crippen LogP contribution in [0.4, 0.5) is 4.79 Å². The van der Waals surface area contributed by atoms with Crippen molar-refractivity contribution in [1.82, 2.24) is 41.3 Å². The van der Waals surface area contributed by atoms with Crippen LogP contribution < -0.4 is 26.6 Å². The first kappa shape index (κ1) is 79.6. The number of esters is 1. The number of amides is 11. The summed E-state index contributed by atoms with van der Waals surface area (Å²) in [4.78, 5) is 225. The summed E-state index contributed by atoms with van der Waals surface area (Å²) in [6, 6.07) is 3.13. The van der Waals surface area contributed by atoms with Crippen LogP contribution in [0.5, 0.6) is 0 Å². The normalized spacial score (nSPS) is 12.9. The molecule has 11 amide bonds. The quantitative estimate of drug-likeness (QED) is 0.0592. The molecule has 0 aliphatic heterocycles. The molecule has 0 saturated carbocycles. The maximum absolute atomic E-state index is 14.3. The largest absolute Gasteiger partial charge is 0.458 e. The van der Waals surface area contributed by atoms with E-state index >= 15 is 0 Å². The van der Waals surface area contributed by atoms with Crippen LogP contribution in [0.15, 0.2) is 30.3 Å². The monoisotopic (exact) mass is 1270 g/mol. The van der Waals surface area contributed by atoms with E-state index in [9.17, 15) is 81.5 Å². The van der Waals surface area contributed by atoms with E-state index in [2.05, 4.69) is 26.6 Å². The van der Waals surface area contributed by atoms with Gasteiger partial charge < -0.3 is 36.1 Å². The minimum atomic E-state index is -1.73. The minimum absolute atomic E-state index is 0.102. The predicted molar refractivity (Wildman–Crippen MR) is 326 cm³/mol. The number of nitrogens with zero attached hydrogens (tertiary/aromatic N) is 3. The third-order valence-electron chi connectivity index (χ3n) is 13.4. The highest BCUT2D eigenvalue weighted by molar-refractivity contribution is 6.01. The molecule has 27 heteroatoms. The number of Topliss-reactive ketones (excluding diaryl/α,β-unsaturated/α-hetero) is 5. The SMILES string of the molecule is CC(=O)CCN(C(C)=O)C(=O)CCC(NC(=O)CCC(NC(=O)CCC(NC(=O)CCC(=O)C(CC(C)C)NC(=O)C(CC(=O)CNC(=O)OC(C)(C)C)Cc1ccccc1)C(=O)OC(C)(C)C)C(=O)N(CCC(=O)N(CCC(C)=O)C(C)=O)C(C)=O)C(C)=O. The van der Waals surface area contributed by atoms with Gasteiger partial charge in [-0.2, -0.15) is 0 Å². The highest BCUT2D eigenvalue weighted by Gasteiger charge is 2.34. The number of ether oxygens (including phenoxy) is 2. The highest BCUT2D eigenvalue weighted by atomic mass is 16.6. The van der Waals surface area contributed by atoms with Crippen molar-refractivity contribution < 1.29 is 91.0 Å². The summed E-state index contributed by atoms with van der Waals surface area (Å²) in [6.45, 7) is 18.5. The molecule has 0 spiro atoms. The van der Waals surface area contributed by atoms with E-state index in [1.165, 1.54) is 13.8 Å². The number of hydrogen-bond donors (Lipinski definition) is 5. The third kappa shape index (κ3) is 33.3. The van der Waals surface area contributed by atoms with Crippen molar-refractivity contribution in [3.8, 4) is 0 Å². The molecule has 0 radical (unpaired) electrons. The van der Waals surface area contributed by atoms with Gasteiger partial charge in [0.25, 0.3) is 5.91 Å². The molecule has 0 aliphatic rings. The van der Waals surface area contributed by atoms with E-state index in [-0.39, 0.29) is 69.1 Å². The molecule has 0 aliphatic carbocycles. The topological polar surface area (TPSA) is 379 Å². The van der Waals surface area contributed by atoms with Crippen LogP contribution in [-0.4, -0.2) is 176 Å². The standard InChI is InChI=1S/C63H94N8O19/c1-38(2)34-51(68-58(85)46(35-45-18-16-15-17-19-45)36-47(78)37-64-61(88)90-63(12,13)14)52(79)23-26-55(82)67-50(60(87)89-62(9,10)11)21-25-54(81)66-49(59(86)71(44(8)77)33-30-57(84)70(43(7)76)32-29-40(4)73)20-24-53(80)65-48(41(5)74)22-27-56(83)69(42(6)75)31-28-39(3)72/h15-19,38,46,48-51H,20-37H2,1-14H3,(H,64,88)(H,65,80)(H,66,81)(H,67,82)(H,68,85). The lowest BCUT2D eigenvalue weighted by Gasteiger charge is -2.27. The molecule has 0 bridgehead atoms. The number of hydrogen-bond acceptors (Lipinski definition) is 19. The Balaban J connectivity index is 3.49. The van der Waals surface area contributed by atoms with Crippen molar-refractivity contribution in [2.24, 2.45) is 11.8 Å². The fraction of sp³-hybridized carbons (Fsp3) is 0.635. The van der Waals surface area contributed by atoms with Gasteiger partial charge in [-0.1, -0.05) is 44.2 Å². The molecular formula is C63H94N8O19. The van der Waals surface area contributed by atoms with E-state index in [0.717, 1.165) is 43.1 Å². The van der Waals surface area contributed by atoms with Gasteiger partial charge in [-0.05, 0) is 106 Å². The van der Waals surface area contributed by atoms with Crippen LogP contribution in [0.25, 0.3) is 0 Å². The molecule has 0 heterocycles. The molecule has 0 fully saturated rings. The Morgan fingerprint density at radius 3 is 1.42 bits per heavy atom. The average Bonchev–Trinajstić information content (AvgIpc) is 1.81. The Kier molecular flexibility index (Phi) is 34.4. The second-order valence-corrected chi connectivity index (χ2v) is 24.6. The van der Waals surface area contributed by atoms with Gasteiger partial charge in [-0.3, -0.25) is 86.6 Å². The highest BCUT2D eigenvalue weighted by Crippen LogP contribution is 2.19. The summed E-state index contributed by atoms with van der Waals surface area (Å²) in [7, 11) is 0. The summed E-state index contributed by atoms with van der Waals surface area (Å²) in [6.07, 6.45) is -5.69. The molecule has 1 aromatic rings. The summed E-state index contributed by atoms with van der Waals surface area (Å²) < 4.78 is 10.8. The summed E-state index contributed by atoms with van der Waals surface area (Å²) >= 11 is 0. The molecule has 0 aromatic heterocycles. The third-order valence-corrected chi connectivity index (χ3v) is 13.4. The molecule has 500 valence electrons. The molecule has 27 nitrogen and oxygen atoms in total. The van der Waals surface area contributed by atoms with Crippen LogP contribution in [0.2, 0.25) is 0 Å². The predicted octanol–water partition coefficient (Wildman–Crippen LogP) is 3.41.